The molecular weight excluding hydrogens is 138 g/mol. The van der Waals surface area contributed by atoms with E-state index in [9.17, 15) is 4.79 Å². The molecule has 0 amide bonds. The summed E-state index contributed by atoms with van der Waals surface area (Å²) < 4.78 is 0. The molecule has 0 fully saturated rings. The summed E-state index contributed by atoms with van der Waals surface area (Å²) in [6, 6.07) is 0. The Morgan fingerprint density at radius 2 is 1.73 bits per heavy atom. The van der Waals surface area contributed by atoms with Crippen molar-refractivity contribution in [2.75, 3.05) is 0 Å². The lowest BCUT2D eigenvalue weighted by Gasteiger charge is -2.22. The molecule has 2 heteroatoms. The molecule has 0 saturated heterocycles. The summed E-state index contributed by atoms with van der Waals surface area (Å²) >= 11 is 0. The number of rotatable bonds is 2. The number of allylic oxidation sites excluding steroid dienone is 2. The van der Waals surface area contributed by atoms with Crippen molar-refractivity contribution >= 4 is 5.78 Å². The standard InChI is InChI=1S/C9H17NO/c1-7(6-8(2)11)10-9(3,4)5/h6,10H,1-5H3/b7-6-. The molecule has 0 aromatic carbocycles. The van der Waals surface area contributed by atoms with Crippen LogP contribution in [0.15, 0.2) is 11.8 Å². The molecule has 0 saturated carbocycles. The Balaban J connectivity index is 4.07. The Labute approximate surface area is 68.7 Å². The zero-order valence-electron chi connectivity index (χ0n) is 7.99. The Morgan fingerprint density at radius 1 is 1.27 bits per heavy atom. The summed E-state index contributed by atoms with van der Waals surface area (Å²) in [4.78, 5) is 10.6. The maximum Gasteiger partial charge on any atom is 0.154 e. The number of ketones is 1. The molecule has 0 aliphatic carbocycles. The van der Waals surface area contributed by atoms with E-state index in [0.29, 0.717) is 0 Å². The van der Waals surface area contributed by atoms with Crippen LogP contribution in [-0.4, -0.2) is 11.3 Å². The van der Waals surface area contributed by atoms with Crippen LogP contribution in [0, 0.1) is 0 Å². The predicted octanol–water partition coefficient (Wildman–Crippen LogP) is 1.87. The molecule has 0 atom stereocenters. The second kappa shape index (κ2) is 3.56. The first kappa shape index (κ1) is 10.2. The summed E-state index contributed by atoms with van der Waals surface area (Å²) in [5.74, 6) is 0.0826. The summed E-state index contributed by atoms with van der Waals surface area (Å²) in [6.45, 7) is 9.62. The van der Waals surface area contributed by atoms with Gasteiger partial charge in [0.05, 0.1) is 0 Å². The van der Waals surface area contributed by atoms with Gasteiger partial charge in [-0.3, -0.25) is 4.79 Å². The summed E-state index contributed by atoms with van der Waals surface area (Å²) in [6.07, 6.45) is 1.60. The van der Waals surface area contributed by atoms with Crippen molar-refractivity contribution in [2.24, 2.45) is 0 Å². The maximum absolute atomic E-state index is 10.6. The average Bonchev–Trinajstić information content (AvgIpc) is 1.53. The quantitative estimate of drug-likeness (QED) is 0.617. The summed E-state index contributed by atoms with van der Waals surface area (Å²) in [5.41, 5.74) is 0.959. The topological polar surface area (TPSA) is 29.1 Å². The van der Waals surface area contributed by atoms with Crippen LogP contribution in [0.2, 0.25) is 0 Å². The van der Waals surface area contributed by atoms with Gasteiger partial charge in [-0.1, -0.05) is 0 Å². The molecule has 0 aliphatic heterocycles. The van der Waals surface area contributed by atoms with Crippen molar-refractivity contribution < 1.29 is 4.79 Å². The van der Waals surface area contributed by atoms with Gasteiger partial charge < -0.3 is 5.32 Å². The van der Waals surface area contributed by atoms with Gasteiger partial charge in [-0.2, -0.15) is 0 Å². The molecule has 11 heavy (non-hydrogen) atoms. The first-order valence-corrected chi connectivity index (χ1v) is 3.78. The van der Waals surface area contributed by atoms with Crippen LogP contribution in [0.1, 0.15) is 34.6 Å². The highest BCUT2D eigenvalue weighted by molar-refractivity contribution is 5.87. The van der Waals surface area contributed by atoms with Gasteiger partial charge in [0.1, 0.15) is 0 Å². The normalized spacial score (nSPS) is 13.0. The van der Waals surface area contributed by atoms with Gasteiger partial charge in [-0.05, 0) is 40.7 Å². The van der Waals surface area contributed by atoms with Crippen molar-refractivity contribution in [3.63, 3.8) is 0 Å². The lowest BCUT2D eigenvalue weighted by molar-refractivity contribution is -0.112. The van der Waals surface area contributed by atoms with Crippen molar-refractivity contribution in [3.8, 4) is 0 Å². The molecule has 1 N–H and O–H groups in total. The van der Waals surface area contributed by atoms with E-state index in [1.807, 2.05) is 6.92 Å². The minimum Gasteiger partial charge on any atom is -0.384 e. The number of hydrogen-bond acceptors (Lipinski definition) is 2. The third kappa shape index (κ3) is 7.10. The fraction of sp³-hybridized carbons (Fsp3) is 0.667. The molecule has 0 spiro atoms. The van der Waals surface area contributed by atoms with E-state index in [1.54, 1.807) is 13.0 Å². The molecule has 0 radical (unpaired) electrons. The number of nitrogens with one attached hydrogen (secondary N) is 1. The fourth-order valence-corrected chi connectivity index (χ4v) is 0.932. The third-order valence-electron chi connectivity index (χ3n) is 0.992. The average molecular weight is 155 g/mol. The van der Waals surface area contributed by atoms with E-state index in [2.05, 4.69) is 26.1 Å². The Morgan fingerprint density at radius 3 is 2.00 bits per heavy atom. The molecule has 64 valence electrons. The van der Waals surface area contributed by atoms with Crippen LogP contribution in [0.5, 0.6) is 0 Å². The van der Waals surface area contributed by atoms with Gasteiger partial charge in [0.2, 0.25) is 0 Å². The SMILES string of the molecule is CC(=O)/C=C(/C)NC(C)(C)C. The molecule has 0 bridgehead atoms. The monoisotopic (exact) mass is 155 g/mol. The molecule has 2 nitrogen and oxygen atoms in total. The van der Waals surface area contributed by atoms with E-state index in [-0.39, 0.29) is 11.3 Å². The Hall–Kier alpha value is -0.790. The number of carbonyl (C=O) groups excluding carboxylic acids is 1. The van der Waals surface area contributed by atoms with Crippen LogP contribution >= 0.6 is 0 Å². The third-order valence-corrected chi connectivity index (χ3v) is 0.992. The second-order valence-electron chi connectivity index (χ2n) is 3.81. The predicted molar refractivity (Wildman–Crippen MR) is 47.3 cm³/mol. The van der Waals surface area contributed by atoms with Gasteiger partial charge in [-0.25, -0.2) is 0 Å². The van der Waals surface area contributed by atoms with E-state index >= 15 is 0 Å². The maximum atomic E-state index is 10.6. The van der Waals surface area contributed by atoms with Crippen LogP contribution < -0.4 is 5.32 Å². The smallest absolute Gasteiger partial charge is 0.154 e. The van der Waals surface area contributed by atoms with Crippen LogP contribution in [0.25, 0.3) is 0 Å². The molecule has 0 aliphatic rings. The van der Waals surface area contributed by atoms with Crippen LogP contribution in [0.4, 0.5) is 0 Å². The van der Waals surface area contributed by atoms with Gasteiger partial charge in [-0.15, -0.1) is 0 Å². The van der Waals surface area contributed by atoms with Crippen molar-refractivity contribution in [3.05, 3.63) is 11.8 Å². The molecular formula is C9H17NO. The highest BCUT2D eigenvalue weighted by Crippen LogP contribution is 2.02. The first-order chi connectivity index (χ1) is 4.81. The van der Waals surface area contributed by atoms with Gasteiger partial charge >= 0.3 is 0 Å². The van der Waals surface area contributed by atoms with Gasteiger partial charge in [0.25, 0.3) is 0 Å². The van der Waals surface area contributed by atoms with Gasteiger partial charge in [0, 0.05) is 11.2 Å². The minimum atomic E-state index is 0.0377. The second-order valence-corrected chi connectivity index (χ2v) is 3.81. The lowest BCUT2D eigenvalue weighted by Crippen LogP contribution is -2.34. The van der Waals surface area contributed by atoms with E-state index in [1.165, 1.54) is 0 Å². The highest BCUT2D eigenvalue weighted by atomic mass is 16.1. The van der Waals surface area contributed by atoms with Gasteiger partial charge in [0.15, 0.2) is 5.78 Å². The lowest BCUT2D eigenvalue weighted by atomic mass is 10.1. The number of carbonyl (C=O) groups is 1. The van der Waals surface area contributed by atoms with Crippen molar-refractivity contribution in [1.29, 1.82) is 0 Å². The summed E-state index contributed by atoms with van der Waals surface area (Å²) in [7, 11) is 0. The molecule has 0 aromatic rings. The van der Waals surface area contributed by atoms with Crippen LogP contribution in [0.3, 0.4) is 0 Å². The minimum absolute atomic E-state index is 0.0377. The van der Waals surface area contributed by atoms with Crippen LogP contribution in [-0.2, 0) is 4.79 Å². The largest absolute Gasteiger partial charge is 0.384 e. The highest BCUT2D eigenvalue weighted by Gasteiger charge is 2.08. The molecule has 0 heterocycles. The fourth-order valence-electron chi connectivity index (χ4n) is 0.932. The first-order valence-electron chi connectivity index (χ1n) is 3.78. The molecule has 0 rings (SSSR count). The Bertz CT molecular complexity index is 174. The molecule has 0 aromatic heterocycles. The van der Waals surface area contributed by atoms with E-state index in [0.717, 1.165) is 5.70 Å². The van der Waals surface area contributed by atoms with E-state index in [4.69, 9.17) is 0 Å². The number of hydrogen-bond donors (Lipinski definition) is 1. The Kier molecular flexibility index (Phi) is 3.30. The van der Waals surface area contributed by atoms with E-state index < -0.39 is 0 Å². The van der Waals surface area contributed by atoms with Crippen molar-refractivity contribution in [1.82, 2.24) is 5.32 Å². The zero-order valence-corrected chi connectivity index (χ0v) is 7.99. The summed E-state index contributed by atoms with van der Waals surface area (Å²) in [5, 5.41) is 3.19. The molecule has 0 unspecified atom stereocenters. The zero-order chi connectivity index (χ0) is 9.07. The van der Waals surface area contributed by atoms with Crippen molar-refractivity contribution in [2.45, 2.75) is 40.2 Å².